The monoisotopic (exact) mass is 274 g/mol. The van der Waals surface area contributed by atoms with Gasteiger partial charge in [-0.25, -0.2) is 0 Å². The molecule has 0 spiro atoms. The van der Waals surface area contributed by atoms with Gasteiger partial charge in [-0.05, 0) is 25.7 Å². The van der Waals surface area contributed by atoms with Crippen LogP contribution < -0.4 is 0 Å². The van der Waals surface area contributed by atoms with Crippen LogP contribution in [0.5, 0.6) is 0 Å². The van der Waals surface area contributed by atoms with Gasteiger partial charge in [0.1, 0.15) is 5.78 Å². The van der Waals surface area contributed by atoms with E-state index in [1.165, 1.54) is 25.7 Å². The Hall–Kier alpha value is -0.450. The average molecular weight is 274 g/mol. The number of Topliss-reactive ketones (excluding diaryl/α,β-unsaturated/α-hetero) is 1. The molecule has 0 aromatic heterocycles. The lowest BCUT2D eigenvalue weighted by molar-refractivity contribution is -0.222. The van der Waals surface area contributed by atoms with Crippen LogP contribution in [0.3, 0.4) is 0 Å². The molecule has 2 fully saturated rings. The molecule has 0 atom stereocenters. The highest BCUT2D eigenvalue weighted by atomic mass is 16.7. The molecule has 0 aromatic rings. The molecule has 0 unspecified atom stereocenters. The smallest absolute Gasteiger partial charge is 0.167 e. The topological polar surface area (TPSA) is 55.8 Å². The molecular formula is C15H30O4. The van der Waals surface area contributed by atoms with Crippen molar-refractivity contribution < 1.29 is 19.4 Å². The van der Waals surface area contributed by atoms with Crippen molar-refractivity contribution in [2.24, 2.45) is 0 Å². The molecule has 2 saturated carbocycles. The van der Waals surface area contributed by atoms with Gasteiger partial charge in [-0.1, -0.05) is 12.8 Å². The van der Waals surface area contributed by atoms with Crippen molar-refractivity contribution in [2.45, 2.75) is 70.0 Å². The number of aliphatic hydroxyl groups is 1. The predicted molar refractivity (Wildman–Crippen MR) is 76.1 cm³/mol. The van der Waals surface area contributed by atoms with Crippen molar-refractivity contribution in [3.63, 3.8) is 0 Å². The number of hydrogen-bond donors (Lipinski definition) is 1. The van der Waals surface area contributed by atoms with Crippen LogP contribution in [0.15, 0.2) is 0 Å². The maximum absolute atomic E-state index is 10.5. The fourth-order valence-corrected chi connectivity index (χ4v) is 2.53. The third kappa shape index (κ3) is 7.65. The van der Waals surface area contributed by atoms with Gasteiger partial charge in [0.15, 0.2) is 5.79 Å². The van der Waals surface area contributed by atoms with E-state index in [0.29, 0.717) is 5.78 Å². The van der Waals surface area contributed by atoms with Crippen LogP contribution in [0.1, 0.15) is 64.2 Å². The Labute approximate surface area is 117 Å². The van der Waals surface area contributed by atoms with Crippen molar-refractivity contribution in [1.29, 1.82) is 0 Å². The highest BCUT2D eigenvalue weighted by molar-refractivity contribution is 5.78. The average Bonchev–Trinajstić information content (AvgIpc) is 2.51. The zero-order valence-corrected chi connectivity index (χ0v) is 12.7. The lowest BCUT2D eigenvalue weighted by Gasteiger charge is -2.34. The molecule has 2 aliphatic carbocycles. The predicted octanol–water partition coefficient (Wildman–Crippen LogP) is 3.07. The third-order valence-electron chi connectivity index (χ3n) is 3.77. The summed E-state index contributed by atoms with van der Waals surface area (Å²) in [5, 5.41) is 7.00. The van der Waals surface area contributed by atoms with Crippen molar-refractivity contribution in [3.8, 4) is 0 Å². The van der Waals surface area contributed by atoms with E-state index >= 15 is 0 Å². The summed E-state index contributed by atoms with van der Waals surface area (Å²) >= 11 is 0. The summed E-state index contributed by atoms with van der Waals surface area (Å²) in [4.78, 5) is 10.5. The van der Waals surface area contributed by atoms with Crippen LogP contribution >= 0.6 is 0 Å². The number of aliphatic hydroxyl groups excluding tert-OH is 1. The van der Waals surface area contributed by atoms with Crippen molar-refractivity contribution in [1.82, 2.24) is 0 Å². The van der Waals surface area contributed by atoms with Crippen molar-refractivity contribution in [3.05, 3.63) is 0 Å². The van der Waals surface area contributed by atoms with E-state index in [1.54, 1.807) is 14.2 Å². The summed E-state index contributed by atoms with van der Waals surface area (Å²) in [5.41, 5.74) is 0. The SMILES string of the molecule is CO.COC1(OC)CCCCC1.O=C1CCCCC1. The highest BCUT2D eigenvalue weighted by Crippen LogP contribution is 2.31. The molecule has 4 heteroatoms. The summed E-state index contributed by atoms with van der Waals surface area (Å²) in [7, 11) is 4.46. The molecule has 1 N–H and O–H groups in total. The Morgan fingerprint density at radius 2 is 1.26 bits per heavy atom. The number of carbonyl (C=O) groups is 1. The number of carbonyl (C=O) groups excluding carboxylic acids is 1. The molecule has 0 saturated heterocycles. The Balaban J connectivity index is 0.000000316. The number of ether oxygens (including phenoxy) is 2. The summed E-state index contributed by atoms with van der Waals surface area (Å²) < 4.78 is 10.6. The van der Waals surface area contributed by atoms with Crippen LogP contribution in [0, 0.1) is 0 Å². The molecule has 19 heavy (non-hydrogen) atoms. The molecule has 0 bridgehead atoms. The first-order valence-corrected chi connectivity index (χ1v) is 7.29. The Morgan fingerprint density at radius 1 is 0.842 bits per heavy atom. The van der Waals surface area contributed by atoms with Crippen LogP contribution in [-0.4, -0.2) is 38.0 Å². The van der Waals surface area contributed by atoms with E-state index in [9.17, 15) is 4.79 Å². The first kappa shape index (κ1) is 18.6. The first-order valence-electron chi connectivity index (χ1n) is 7.29. The van der Waals surface area contributed by atoms with Gasteiger partial charge in [0.2, 0.25) is 0 Å². The molecule has 0 heterocycles. The third-order valence-corrected chi connectivity index (χ3v) is 3.77. The van der Waals surface area contributed by atoms with Crippen LogP contribution in [0.25, 0.3) is 0 Å². The van der Waals surface area contributed by atoms with Gasteiger partial charge >= 0.3 is 0 Å². The quantitative estimate of drug-likeness (QED) is 0.786. The van der Waals surface area contributed by atoms with Crippen molar-refractivity contribution >= 4 is 5.78 Å². The minimum Gasteiger partial charge on any atom is -0.400 e. The molecule has 0 amide bonds. The minimum atomic E-state index is -0.238. The summed E-state index contributed by atoms with van der Waals surface area (Å²) in [6.07, 6.45) is 11.2. The maximum atomic E-state index is 10.5. The number of methoxy groups -OCH3 is 2. The lowest BCUT2D eigenvalue weighted by atomic mass is 9.94. The zero-order valence-electron chi connectivity index (χ0n) is 12.7. The van der Waals surface area contributed by atoms with E-state index in [-0.39, 0.29) is 5.79 Å². The highest BCUT2D eigenvalue weighted by Gasteiger charge is 2.30. The molecule has 2 aliphatic rings. The van der Waals surface area contributed by atoms with E-state index in [1.807, 2.05) is 0 Å². The van der Waals surface area contributed by atoms with Gasteiger partial charge < -0.3 is 14.6 Å². The first-order chi connectivity index (χ1) is 9.22. The molecule has 4 nitrogen and oxygen atoms in total. The molecule has 114 valence electrons. The number of rotatable bonds is 2. The fourth-order valence-electron chi connectivity index (χ4n) is 2.53. The summed E-state index contributed by atoms with van der Waals surface area (Å²) in [6.45, 7) is 0. The van der Waals surface area contributed by atoms with Gasteiger partial charge in [0.05, 0.1) is 0 Å². The second-order valence-electron chi connectivity index (χ2n) is 4.98. The van der Waals surface area contributed by atoms with Crippen LogP contribution in [0.2, 0.25) is 0 Å². The Morgan fingerprint density at radius 3 is 1.53 bits per heavy atom. The summed E-state index contributed by atoms with van der Waals surface area (Å²) in [5.74, 6) is 0.226. The minimum absolute atomic E-state index is 0.238. The van der Waals surface area contributed by atoms with Crippen LogP contribution in [0.4, 0.5) is 0 Å². The molecule has 0 aromatic carbocycles. The molecule has 0 radical (unpaired) electrons. The zero-order chi connectivity index (χ0) is 14.6. The second kappa shape index (κ2) is 11.4. The number of ketones is 1. The fraction of sp³-hybridized carbons (Fsp3) is 0.933. The second-order valence-corrected chi connectivity index (χ2v) is 4.98. The van der Waals surface area contributed by atoms with Gasteiger partial charge in [-0.3, -0.25) is 4.79 Å². The van der Waals surface area contributed by atoms with Gasteiger partial charge in [0.25, 0.3) is 0 Å². The van der Waals surface area contributed by atoms with Gasteiger partial charge in [-0.15, -0.1) is 0 Å². The van der Waals surface area contributed by atoms with Crippen molar-refractivity contribution in [2.75, 3.05) is 21.3 Å². The number of hydrogen-bond acceptors (Lipinski definition) is 4. The summed E-state index contributed by atoms with van der Waals surface area (Å²) in [6, 6.07) is 0. The van der Waals surface area contributed by atoms with Gasteiger partial charge in [-0.2, -0.15) is 0 Å². The molecular weight excluding hydrogens is 244 g/mol. The van der Waals surface area contributed by atoms with E-state index in [4.69, 9.17) is 14.6 Å². The van der Waals surface area contributed by atoms with Gasteiger partial charge in [0, 0.05) is 47.0 Å². The standard InChI is InChI=1S/C8H16O2.C6H10O.CH4O/c1-9-8(10-2)6-4-3-5-7-8;7-6-4-2-1-3-5-6;1-2/h3-7H2,1-2H3;1-5H2;2H,1H3. The lowest BCUT2D eigenvalue weighted by Crippen LogP contribution is -2.35. The normalized spacial score (nSPS) is 21.6. The van der Waals surface area contributed by atoms with Crippen LogP contribution in [-0.2, 0) is 14.3 Å². The Kier molecular flexibility index (Phi) is 11.1. The van der Waals surface area contributed by atoms with E-state index in [2.05, 4.69) is 0 Å². The molecule has 0 aliphatic heterocycles. The Bertz CT molecular complexity index is 208. The maximum Gasteiger partial charge on any atom is 0.167 e. The largest absolute Gasteiger partial charge is 0.400 e. The van der Waals surface area contributed by atoms with E-state index in [0.717, 1.165) is 45.6 Å². The molecule has 2 rings (SSSR count). The van der Waals surface area contributed by atoms with E-state index < -0.39 is 0 Å².